The molecule has 0 nitrogen and oxygen atoms in total. The SMILES string of the molecule is CC1=C(C(C)(C)C)SC2CCCCCC12. The Labute approximate surface area is 98.9 Å². The highest BCUT2D eigenvalue weighted by Crippen LogP contribution is 2.53. The summed E-state index contributed by atoms with van der Waals surface area (Å²) >= 11 is 2.20. The Morgan fingerprint density at radius 2 is 1.73 bits per heavy atom. The number of hydrogen-bond acceptors (Lipinski definition) is 1. The van der Waals surface area contributed by atoms with Crippen molar-refractivity contribution >= 4 is 11.8 Å². The van der Waals surface area contributed by atoms with Gasteiger partial charge in [-0.2, -0.15) is 0 Å². The lowest BCUT2D eigenvalue weighted by Gasteiger charge is -2.21. The van der Waals surface area contributed by atoms with Gasteiger partial charge >= 0.3 is 0 Å². The standard InChI is InChI=1S/C14H24S/c1-10-11-8-6-5-7-9-12(11)15-13(10)14(2,3)4/h11-12H,5-9H2,1-4H3. The van der Waals surface area contributed by atoms with E-state index in [4.69, 9.17) is 0 Å². The van der Waals surface area contributed by atoms with Crippen LogP contribution >= 0.6 is 11.8 Å². The van der Waals surface area contributed by atoms with E-state index < -0.39 is 0 Å². The normalized spacial score (nSPS) is 32.8. The number of hydrogen-bond donors (Lipinski definition) is 0. The highest BCUT2D eigenvalue weighted by Gasteiger charge is 2.37. The minimum absolute atomic E-state index is 0.376. The molecule has 1 heterocycles. The summed E-state index contributed by atoms with van der Waals surface area (Å²) in [6.07, 6.45) is 7.27. The van der Waals surface area contributed by atoms with E-state index >= 15 is 0 Å². The summed E-state index contributed by atoms with van der Waals surface area (Å²) in [5.74, 6) is 0.909. The van der Waals surface area contributed by atoms with Crippen molar-refractivity contribution in [1.29, 1.82) is 0 Å². The minimum Gasteiger partial charge on any atom is -0.126 e. The van der Waals surface area contributed by atoms with Crippen LogP contribution < -0.4 is 0 Å². The highest BCUT2D eigenvalue weighted by atomic mass is 32.2. The lowest BCUT2D eigenvalue weighted by molar-refractivity contribution is 0.510. The molecule has 86 valence electrons. The molecule has 1 aliphatic heterocycles. The van der Waals surface area contributed by atoms with Gasteiger partial charge in [-0.1, -0.05) is 45.6 Å². The molecule has 0 spiro atoms. The zero-order valence-electron chi connectivity index (χ0n) is 10.6. The molecule has 15 heavy (non-hydrogen) atoms. The van der Waals surface area contributed by atoms with Crippen LogP contribution in [-0.4, -0.2) is 5.25 Å². The summed E-state index contributed by atoms with van der Waals surface area (Å²) in [6.45, 7) is 9.49. The van der Waals surface area contributed by atoms with Crippen LogP contribution in [0.15, 0.2) is 10.5 Å². The monoisotopic (exact) mass is 224 g/mol. The van der Waals surface area contributed by atoms with E-state index in [1.54, 1.807) is 10.5 Å². The Kier molecular flexibility index (Phi) is 3.21. The third kappa shape index (κ3) is 2.27. The van der Waals surface area contributed by atoms with Gasteiger partial charge in [-0.3, -0.25) is 0 Å². The van der Waals surface area contributed by atoms with Crippen LogP contribution in [-0.2, 0) is 0 Å². The largest absolute Gasteiger partial charge is 0.126 e. The van der Waals surface area contributed by atoms with E-state index in [-0.39, 0.29) is 0 Å². The molecule has 1 fully saturated rings. The van der Waals surface area contributed by atoms with Crippen molar-refractivity contribution in [2.24, 2.45) is 11.3 Å². The Balaban J connectivity index is 2.21. The molecule has 2 unspecified atom stereocenters. The summed E-state index contributed by atoms with van der Waals surface area (Å²) in [7, 11) is 0. The minimum atomic E-state index is 0.376. The third-order valence-corrected chi connectivity index (χ3v) is 5.85. The van der Waals surface area contributed by atoms with E-state index in [1.807, 2.05) is 0 Å². The molecule has 2 aliphatic rings. The van der Waals surface area contributed by atoms with Gasteiger partial charge in [-0.05, 0) is 36.0 Å². The Bertz CT molecular complexity index is 270. The van der Waals surface area contributed by atoms with Crippen LogP contribution in [0.4, 0.5) is 0 Å². The first-order valence-corrected chi connectivity index (χ1v) is 7.26. The fraction of sp³-hybridized carbons (Fsp3) is 0.857. The summed E-state index contributed by atoms with van der Waals surface area (Å²) < 4.78 is 0. The van der Waals surface area contributed by atoms with Crippen molar-refractivity contribution in [3.8, 4) is 0 Å². The summed E-state index contributed by atoms with van der Waals surface area (Å²) in [4.78, 5) is 1.69. The molecule has 0 aromatic rings. The smallest absolute Gasteiger partial charge is 0.0157 e. The van der Waals surface area contributed by atoms with Crippen molar-refractivity contribution in [1.82, 2.24) is 0 Å². The molecule has 1 aliphatic carbocycles. The number of allylic oxidation sites excluding steroid dienone is 2. The fourth-order valence-corrected chi connectivity index (χ4v) is 4.87. The van der Waals surface area contributed by atoms with Gasteiger partial charge < -0.3 is 0 Å². The quantitative estimate of drug-likeness (QED) is 0.558. The van der Waals surface area contributed by atoms with Crippen molar-refractivity contribution in [3.63, 3.8) is 0 Å². The topological polar surface area (TPSA) is 0 Å². The van der Waals surface area contributed by atoms with Gasteiger partial charge in [0, 0.05) is 5.25 Å². The molecule has 1 heteroatoms. The molecule has 2 atom stereocenters. The van der Waals surface area contributed by atoms with Gasteiger partial charge in [0.2, 0.25) is 0 Å². The van der Waals surface area contributed by atoms with Crippen LogP contribution in [0.3, 0.4) is 0 Å². The van der Waals surface area contributed by atoms with Gasteiger partial charge in [0.05, 0.1) is 0 Å². The summed E-state index contributed by atoms with van der Waals surface area (Å²) in [5, 5.41) is 0.918. The third-order valence-electron chi connectivity index (χ3n) is 3.82. The molecule has 0 saturated heterocycles. The maximum Gasteiger partial charge on any atom is 0.0157 e. The fourth-order valence-electron chi connectivity index (χ4n) is 3.09. The second-order valence-electron chi connectivity index (χ2n) is 6.16. The van der Waals surface area contributed by atoms with Gasteiger partial charge in [0.1, 0.15) is 0 Å². The van der Waals surface area contributed by atoms with Crippen LogP contribution in [0.2, 0.25) is 0 Å². The second kappa shape index (κ2) is 4.16. The summed E-state index contributed by atoms with van der Waals surface area (Å²) in [5.41, 5.74) is 2.10. The number of rotatable bonds is 0. The van der Waals surface area contributed by atoms with Gasteiger partial charge in [-0.15, -0.1) is 11.8 Å². The number of fused-ring (bicyclic) bond motifs is 1. The van der Waals surface area contributed by atoms with Crippen LogP contribution in [0.25, 0.3) is 0 Å². The first kappa shape index (κ1) is 11.6. The average molecular weight is 224 g/mol. The highest BCUT2D eigenvalue weighted by molar-refractivity contribution is 8.04. The second-order valence-corrected chi connectivity index (χ2v) is 7.41. The van der Waals surface area contributed by atoms with Gasteiger partial charge in [0.15, 0.2) is 0 Å². The Morgan fingerprint density at radius 1 is 1.07 bits per heavy atom. The molecule has 2 rings (SSSR count). The Hall–Kier alpha value is 0.0900. The van der Waals surface area contributed by atoms with E-state index in [9.17, 15) is 0 Å². The maximum atomic E-state index is 2.39. The van der Waals surface area contributed by atoms with Crippen molar-refractivity contribution in [2.45, 2.75) is 65.0 Å². The molecule has 1 saturated carbocycles. The average Bonchev–Trinajstić information content (AvgIpc) is 2.36. The number of thioether (sulfide) groups is 1. The van der Waals surface area contributed by atoms with Crippen molar-refractivity contribution in [2.75, 3.05) is 0 Å². The lowest BCUT2D eigenvalue weighted by atomic mass is 9.86. The maximum absolute atomic E-state index is 2.39. The first-order valence-electron chi connectivity index (χ1n) is 6.38. The van der Waals surface area contributed by atoms with E-state index in [1.165, 1.54) is 32.1 Å². The van der Waals surface area contributed by atoms with E-state index in [2.05, 4.69) is 39.5 Å². The Morgan fingerprint density at radius 3 is 2.40 bits per heavy atom. The molecule has 0 bridgehead atoms. The lowest BCUT2D eigenvalue weighted by Crippen LogP contribution is -2.11. The van der Waals surface area contributed by atoms with Gasteiger partial charge in [0.25, 0.3) is 0 Å². The van der Waals surface area contributed by atoms with Crippen LogP contribution in [0, 0.1) is 11.3 Å². The zero-order valence-corrected chi connectivity index (χ0v) is 11.4. The molecule has 0 amide bonds. The van der Waals surface area contributed by atoms with Crippen molar-refractivity contribution < 1.29 is 0 Å². The zero-order chi connectivity index (χ0) is 11.1. The molecule has 0 radical (unpaired) electrons. The first-order chi connectivity index (χ1) is 7.00. The van der Waals surface area contributed by atoms with Crippen LogP contribution in [0.1, 0.15) is 59.8 Å². The molecule has 0 N–H and O–H groups in total. The molecular formula is C14H24S. The van der Waals surface area contributed by atoms with Crippen LogP contribution in [0.5, 0.6) is 0 Å². The summed E-state index contributed by atoms with van der Waals surface area (Å²) in [6, 6.07) is 0. The molecule has 0 aromatic heterocycles. The van der Waals surface area contributed by atoms with Crippen molar-refractivity contribution in [3.05, 3.63) is 10.5 Å². The predicted octanol–water partition coefficient (Wildman–Crippen LogP) is 5.00. The van der Waals surface area contributed by atoms with E-state index in [0.29, 0.717) is 5.41 Å². The van der Waals surface area contributed by atoms with Gasteiger partial charge in [-0.25, -0.2) is 0 Å². The predicted molar refractivity (Wildman–Crippen MR) is 70.1 cm³/mol. The molecular weight excluding hydrogens is 200 g/mol. The van der Waals surface area contributed by atoms with E-state index in [0.717, 1.165) is 11.2 Å². The molecule has 0 aromatic carbocycles.